The van der Waals surface area contributed by atoms with E-state index >= 15 is 0 Å². The molecule has 236 valence electrons. The minimum Gasteiger partial charge on any atom is -0.493 e. The van der Waals surface area contributed by atoms with Crippen LogP contribution < -0.4 is 25.4 Å². The zero-order valence-corrected chi connectivity index (χ0v) is 25.0. The Labute approximate surface area is 255 Å². The van der Waals surface area contributed by atoms with Gasteiger partial charge in [0.05, 0.1) is 30.1 Å². The molecule has 1 aliphatic heterocycles. The molecule has 1 saturated heterocycles. The van der Waals surface area contributed by atoms with E-state index in [1.807, 2.05) is 0 Å². The van der Waals surface area contributed by atoms with Gasteiger partial charge in [0.2, 0.25) is 5.60 Å². The van der Waals surface area contributed by atoms with Gasteiger partial charge in [-0.15, -0.1) is 0 Å². The quantitative estimate of drug-likeness (QED) is 0.242. The standard InChI is InChI=1S/C30H31ClF4N4O5/c1-28(2,36-3)18-13-21(16-5-7-20(32)19(31)11-16)39-25(14-18)29(42,30(33,34)35)15-38-26(40)17-6-8-22(24(12-17)43-4)44-23-9-10-37-27(23)41/h5-8,11-14,23,36,42H,9-10,15H2,1-4H3,(H,37,41)(H,38,40)/t23-,29?/m0/s1. The minimum absolute atomic E-state index is 0.00649. The summed E-state index contributed by atoms with van der Waals surface area (Å²) in [5.74, 6) is -1.73. The first-order valence-electron chi connectivity index (χ1n) is 13.5. The maximum absolute atomic E-state index is 14.6. The molecule has 0 aliphatic carbocycles. The molecule has 2 amide bonds. The molecule has 0 saturated carbocycles. The molecule has 2 atom stereocenters. The monoisotopic (exact) mass is 638 g/mol. The first kappa shape index (κ1) is 33.0. The Kier molecular flexibility index (Phi) is 9.43. The summed E-state index contributed by atoms with van der Waals surface area (Å²) in [6, 6.07) is 10.1. The molecule has 0 radical (unpaired) electrons. The minimum atomic E-state index is -5.29. The van der Waals surface area contributed by atoms with Gasteiger partial charge in [0.1, 0.15) is 5.82 Å². The van der Waals surface area contributed by atoms with E-state index in [0.29, 0.717) is 18.5 Å². The van der Waals surface area contributed by atoms with Crippen molar-refractivity contribution in [1.82, 2.24) is 20.9 Å². The number of hydrogen-bond donors (Lipinski definition) is 4. The Hall–Kier alpha value is -3.94. The van der Waals surface area contributed by atoms with Crippen LogP contribution >= 0.6 is 11.6 Å². The fraction of sp³-hybridized carbons (Fsp3) is 0.367. The third kappa shape index (κ3) is 6.74. The number of nitrogens with one attached hydrogen (secondary N) is 3. The summed E-state index contributed by atoms with van der Waals surface area (Å²) in [7, 11) is 2.91. The van der Waals surface area contributed by atoms with Crippen molar-refractivity contribution in [3.05, 3.63) is 76.2 Å². The summed E-state index contributed by atoms with van der Waals surface area (Å²) in [6.45, 7) is 2.57. The topological polar surface area (TPSA) is 122 Å². The lowest BCUT2D eigenvalue weighted by atomic mass is 9.89. The largest absolute Gasteiger partial charge is 0.493 e. The number of benzene rings is 2. The summed E-state index contributed by atoms with van der Waals surface area (Å²) < 4.78 is 68.6. The van der Waals surface area contributed by atoms with E-state index in [-0.39, 0.29) is 39.2 Å². The average Bonchev–Trinajstić information content (AvgIpc) is 3.40. The highest BCUT2D eigenvalue weighted by atomic mass is 35.5. The molecular formula is C30H31ClF4N4O5. The lowest BCUT2D eigenvalue weighted by molar-refractivity contribution is -0.265. The Bertz CT molecular complexity index is 1570. The second kappa shape index (κ2) is 12.6. The number of methoxy groups -OCH3 is 1. The normalized spacial score (nSPS) is 16.7. The van der Waals surface area contributed by atoms with E-state index in [1.54, 1.807) is 20.9 Å². The van der Waals surface area contributed by atoms with Crippen molar-refractivity contribution in [1.29, 1.82) is 0 Å². The van der Waals surface area contributed by atoms with Gasteiger partial charge in [-0.2, -0.15) is 13.2 Å². The molecule has 2 heterocycles. The molecule has 0 bridgehead atoms. The molecule has 4 N–H and O–H groups in total. The van der Waals surface area contributed by atoms with Crippen LogP contribution in [0.5, 0.6) is 11.5 Å². The molecule has 4 rings (SSSR count). The molecular weight excluding hydrogens is 608 g/mol. The Balaban J connectivity index is 1.68. The molecule has 1 fully saturated rings. The zero-order chi connectivity index (χ0) is 32.4. The summed E-state index contributed by atoms with van der Waals surface area (Å²) in [5.41, 5.74) is -4.87. The number of alkyl halides is 3. The molecule has 1 unspecified atom stereocenters. The van der Waals surface area contributed by atoms with E-state index in [1.165, 1.54) is 43.5 Å². The zero-order valence-electron chi connectivity index (χ0n) is 24.2. The fourth-order valence-corrected chi connectivity index (χ4v) is 4.62. The van der Waals surface area contributed by atoms with Crippen LogP contribution in [-0.2, 0) is 15.9 Å². The van der Waals surface area contributed by atoms with Crippen LogP contribution in [0.4, 0.5) is 17.6 Å². The first-order chi connectivity index (χ1) is 20.6. The van der Waals surface area contributed by atoms with Gasteiger partial charge < -0.3 is 30.5 Å². The third-order valence-corrected chi connectivity index (χ3v) is 7.77. The molecule has 9 nitrogen and oxygen atoms in total. The van der Waals surface area contributed by atoms with Crippen molar-refractivity contribution in [2.24, 2.45) is 0 Å². The highest BCUT2D eigenvalue weighted by Gasteiger charge is 2.56. The highest BCUT2D eigenvalue weighted by molar-refractivity contribution is 6.31. The fourth-order valence-electron chi connectivity index (χ4n) is 4.44. The number of aliphatic hydroxyl groups is 1. The average molecular weight is 639 g/mol. The summed E-state index contributed by atoms with van der Waals surface area (Å²) in [6.07, 6.45) is -5.61. The van der Waals surface area contributed by atoms with Crippen LogP contribution in [0.3, 0.4) is 0 Å². The third-order valence-electron chi connectivity index (χ3n) is 7.48. The van der Waals surface area contributed by atoms with Crippen LogP contribution in [0.25, 0.3) is 11.3 Å². The van der Waals surface area contributed by atoms with Crippen LogP contribution in [-0.4, -0.2) is 61.4 Å². The number of hydrogen-bond acceptors (Lipinski definition) is 7. The van der Waals surface area contributed by atoms with Crippen LogP contribution in [0.1, 0.15) is 41.9 Å². The van der Waals surface area contributed by atoms with Gasteiger partial charge >= 0.3 is 6.18 Å². The molecule has 2 aromatic carbocycles. The molecule has 1 aromatic heterocycles. The summed E-state index contributed by atoms with van der Waals surface area (Å²) in [5, 5.41) is 18.7. The van der Waals surface area contributed by atoms with Crippen molar-refractivity contribution in [2.75, 3.05) is 27.2 Å². The van der Waals surface area contributed by atoms with Gasteiger partial charge in [-0.05, 0) is 75.0 Å². The van der Waals surface area contributed by atoms with Gasteiger partial charge in [-0.3, -0.25) is 9.59 Å². The number of nitrogens with zero attached hydrogens (tertiary/aromatic N) is 1. The predicted molar refractivity (Wildman–Crippen MR) is 154 cm³/mol. The van der Waals surface area contributed by atoms with Gasteiger partial charge in [-0.25, -0.2) is 9.37 Å². The summed E-state index contributed by atoms with van der Waals surface area (Å²) in [4.78, 5) is 29.0. The lowest BCUT2D eigenvalue weighted by Crippen LogP contribution is -2.51. The number of amides is 2. The summed E-state index contributed by atoms with van der Waals surface area (Å²) >= 11 is 5.92. The molecule has 1 aliphatic rings. The SMILES string of the molecule is CNC(C)(C)c1cc(-c2ccc(F)c(Cl)c2)nc(C(O)(CNC(=O)c2ccc(O[C@H]3CCNC3=O)c(OC)c2)C(F)(F)F)c1. The van der Waals surface area contributed by atoms with Crippen molar-refractivity contribution in [3.8, 4) is 22.8 Å². The highest BCUT2D eigenvalue weighted by Crippen LogP contribution is 2.40. The number of aromatic nitrogens is 1. The van der Waals surface area contributed by atoms with Crippen molar-refractivity contribution < 1.29 is 41.7 Å². The Morgan fingerprint density at radius 3 is 2.45 bits per heavy atom. The van der Waals surface area contributed by atoms with E-state index in [2.05, 4.69) is 20.9 Å². The van der Waals surface area contributed by atoms with Crippen molar-refractivity contribution in [2.45, 2.75) is 43.7 Å². The van der Waals surface area contributed by atoms with E-state index < -0.39 is 47.4 Å². The number of ether oxygens (including phenoxy) is 2. The van der Waals surface area contributed by atoms with Crippen molar-refractivity contribution >= 4 is 23.4 Å². The van der Waals surface area contributed by atoms with Gasteiger partial charge in [0.15, 0.2) is 17.6 Å². The Morgan fingerprint density at radius 1 is 1.14 bits per heavy atom. The van der Waals surface area contributed by atoms with Gasteiger partial charge in [0, 0.05) is 29.6 Å². The van der Waals surface area contributed by atoms with E-state index in [9.17, 15) is 32.3 Å². The Morgan fingerprint density at radius 2 is 1.86 bits per heavy atom. The van der Waals surface area contributed by atoms with Gasteiger partial charge in [0.25, 0.3) is 11.8 Å². The maximum Gasteiger partial charge on any atom is 0.424 e. The second-order valence-corrected chi connectivity index (χ2v) is 11.1. The number of rotatable bonds is 10. The lowest BCUT2D eigenvalue weighted by Gasteiger charge is -2.33. The molecule has 3 aromatic rings. The van der Waals surface area contributed by atoms with Gasteiger partial charge in [-0.1, -0.05) is 11.6 Å². The van der Waals surface area contributed by atoms with Crippen molar-refractivity contribution in [3.63, 3.8) is 0 Å². The number of halogens is 5. The first-order valence-corrected chi connectivity index (χ1v) is 13.8. The second-order valence-electron chi connectivity index (χ2n) is 10.7. The molecule has 14 heteroatoms. The van der Waals surface area contributed by atoms with E-state index in [4.69, 9.17) is 21.1 Å². The van der Waals surface area contributed by atoms with Crippen LogP contribution in [0.15, 0.2) is 48.5 Å². The molecule has 44 heavy (non-hydrogen) atoms. The van der Waals surface area contributed by atoms with Crippen LogP contribution in [0, 0.1) is 5.82 Å². The number of carbonyl (C=O) groups excluding carboxylic acids is 2. The molecule has 0 spiro atoms. The van der Waals surface area contributed by atoms with E-state index in [0.717, 1.165) is 12.1 Å². The predicted octanol–water partition coefficient (Wildman–Crippen LogP) is 4.45. The number of carbonyl (C=O) groups is 2. The maximum atomic E-state index is 14.6. The number of pyridine rings is 1. The van der Waals surface area contributed by atoms with Crippen LogP contribution in [0.2, 0.25) is 5.02 Å². The smallest absolute Gasteiger partial charge is 0.424 e.